The first-order valence-corrected chi connectivity index (χ1v) is 10.2. The van der Waals surface area contributed by atoms with E-state index in [0.29, 0.717) is 12.1 Å². The Balaban J connectivity index is 1.42. The molecule has 1 unspecified atom stereocenters. The third-order valence-corrected chi connectivity index (χ3v) is 6.34. The number of aryl methyl sites for hydroxylation is 1. The number of piperidine rings is 1. The van der Waals surface area contributed by atoms with Crippen molar-refractivity contribution in [3.05, 3.63) is 78.8 Å². The van der Waals surface area contributed by atoms with E-state index in [1.165, 1.54) is 22.4 Å². The Kier molecular flexibility index (Phi) is 5.38. The molecular weight excluding hydrogens is 344 g/mol. The molecule has 1 N–H and O–H groups in total. The number of nitrogens with one attached hydrogen (secondary N) is 1. The van der Waals surface area contributed by atoms with Gasteiger partial charge in [-0.25, -0.2) is 0 Å². The fourth-order valence-corrected chi connectivity index (χ4v) is 4.59. The average Bonchev–Trinajstić information content (AvgIpc) is 3.16. The number of rotatable bonds is 6. The predicted octanol–water partition coefficient (Wildman–Crippen LogP) is 4.37. The van der Waals surface area contributed by atoms with E-state index in [1.807, 2.05) is 18.6 Å². The number of aromatic nitrogens is 1. The van der Waals surface area contributed by atoms with E-state index in [0.717, 1.165) is 44.5 Å². The van der Waals surface area contributed by atoms with Crippen LogP contribution < -0.4 is 10.2 Å². The highest BCUT2D eigenvalue weighted by Crippen LogP contribution is 2.34. The minimum absolute atomic E-state index is 0.383. The summed E-state index contributed by atoms with van der Waals surface area (Å²) in [5.41, 5.74) is 6.47. The third-order valence-electron chi connectivity index (χ3n) is 6.34. The monoisotopic (exact) mass is 374 g/mol. The molecule has 4 heteroatoms. The van der Waals surface area contributed by atoms with Crippen LogP contribution in [0.3, 0.4) is 0 Å². The van der Waals surface area contributed by atoms with Gasteiger partial charge in [0.25, 0.3) is 0 Å². The highest BCUT2D eigenvalue weighted by Gasteiger charge is 2.26. The molecule has 28 heavy (non-hydrogen) atoms. The number of fused-ring (bicyclic) bond motifs is 1. The van der Waals surface area contributed by atoms with Crippen molar-refractivity contribution >= 4 is 11.4 Å². The topological polar surface area (TPSA) is 31.4 Å². The Morgan fingerprint density at radius 1 is 1.18 bits per heavy atom. The van der Waals surface area contributed by atoms with Crippen molar-refractivity contribution in [3.8, 4) is 0 Å². The van der Waals surface area contributed by atoms with Crippen LogP contribution in [0.5, 0.6) is 0 Å². The minimum Gasteiger partial charge on any atom is -0.385 e. The van der Waals surface area contributed by atoms with Gasteiger partial charge in [-0.1, -0.05) is 25.3 Å². The Bertz CT molecular complexity index is 837. The summed E-state index contributed by atoms with van der Waals surface area (Å²) in [5.74, 6) is 0. The van der Waals surface area contributed by atoms with Gasteiger partial charge in [0.2, 0.25) is 0 Å². The lowest BCUT2D eigenvalue weighted by molar-refractivity contribution is 0.292. The standard InChI is InChI=1S/C24H30N4/c1-4-26-24-8-7-19-5-6-20(17-23(19)24)18(2)27(3)21-11-15-28(16-12-21)22-9-13-25-14-10-22/h4-6,9-10,13-14,17,21,24,26H,1-2,7-8,11-12,15-16H2,3H3. The molecule has 2 aromatic rings. The maximum atomic E-state index is 4.44. The highest BCUT2D eigenvalue weighted by atomic mass is 15.2. The molecule has 1 fully saturated rings. The van der Waals surface area contributed by atoms with Crippen molar-refractivity contribution < 1.29 is 0 Å². The second-order valence-corrected chi connectivity index (χ2v) is 7.86. The van der Waals surface area contributed by atoms with Crippen molar-refractivity contribution in [2.45, 2.75) is 37.8 Å². The smallest absolute Gasteiger partial charge is 0.0514 e. The molecule has 4 nitrogen and oxygen atoms in total. The summed E-state index contributed by atoms with van der Waals surface area (Å²) >= 11 is 0. The Hall–Kier alpha value is -2.75. The van der Waals surface area contributed by atoms with Crippen LogP contribution in [-0.4, -0.2) is 36.1 Å². The molecule has 1 saturated heterocycles. The molecule has 0 spiro atoms. The van der Waals surface area contributed by atoms with Crippen LogP contribution in [0.15, 0.2) is 62.1 Å². The molecule has 1 aliphatic heterocycles. The zero-order chi connectivity index (χ0) is 19.5. The Labute approximate surface area is 168 Å². The molecule has 1 aliphatic carbocycles. The number of anilines is 1. The van der Waals surface area contributed by atoms with E-state index in [4.69, 9.17) is 0 Å². The van der Waals surface area contributed by atoms with Crippen molar-refractivity contribution in [2.24, 2.45) is 0 Å². The van der Waals surface area contributed by atoms with Gasteiger partial charge >= 0.3 is 0 Å². The molecule has 0 saturated carbocycles. The maximum absolute atomic E-state index is 4.44. The number of hydrogen-bond acceptors (Lipinski definition) is 4. The van der Waals surface area contributed by atoms with Crippen LogP contribution in [0.25, 0.3) is 5.70 Å². The lowest BCUT2D eigenvalue weighted by Gasteiger charge is -2.39. The minimum atomic E-state index is 0.383. The van der Waals surface area contributed by atoms with Crippen LogP contribution in [0, 0.1) is 0 Å². The molecule has 0 bridgehead atoms. The zero-order valence-corrected chi connectivity index (χ0v) is 16.8. The molecule has 2 aliphatic rings. The molecule has 1 aromatic heterocycles. The quantitative estimate of drug-likeness (QED) is 0.813. The van der Waals surface area contributed by atoms with E-state index < -0.39 is 0 Å². The van der Waals surface area contributed by atoms with Gasteiger partial charge in [0, 0.05) is 50.0 Å². The van der Waals surface area contributed by atoms with Crippen molar-refractivity contribution in [1.29, 1.82) is 0 Å². The van der Waals surface area contributed by atoms with Crippen LogP contribution in [0.1, 0.15) is 42.0 Å². The number of hydrogen-bond donors (Lipinski definition) is 1. The predicted molar refractivity (Wildman–Crippen MR) is 117 cm³/mol. The molecule has 1 aromatic carbocycles. The van der Waals surface area contributed by atoms with Gasteiger partial charge < -0.3 is 15.1 Å². The van der Waals surface area contributed by atoms with Crippen molar-refractivity contribution in [3.63, 3.8) is 0 Å². The second-order valence-electron chi connectivity index (χ2n) is 7.86. The molecule has 146 valence electrons. The normalized spacial score (nSPS) is 19.2. The average molecular weight is 375 g/mol. The van der Waals surface area contributed by atoms with Crippen molar-refractivity contribution in [2.75, 3.05) is 25.0 Å². The zero-order valence-electron chi connectivity index (χ0n) is 16.8. The van der Waals surface area contributed by atoms with E-state index >= 15 is 0 Å². The van der Waals surface area contributed by atoms with E-state index in [-0.39, 0.29) is 0 Å². The molecule has 0 radical (unpaired) electrons. The van der Waals surface area contributed by atoms with Gasteiger partial charge in [0.1, 0.15) is 0 Å². The first-order valence-electron chi connectivity index (χ1n) is 10.2. The van der Waals surface area contributed by atoms with Crippen LogP contribution in [-0.2, 0) is 6.42 Å². The maximum Gasteiger partial charge on any atom is 0.0514 e. The van der Waals surface area contributed by atoms with Crippen LogP contribution >= 0.6 is 0 Å². The van der Waals surface area contributed by atoms with Gasteiger partial charge in [-0.15, -0.1) is 0 Å². The highest BCUT2D eigenvalue weighted by molar-refractivity contribution is 5.64. The van der Waals surface area contributed by atoms with Gasteiger partial charge in [0.15, 0.2) is 0 Å². The number of nitrogens with zero attached hydrogens (tertiary/aromatic N) is 3. The fourth-order valence-electron chi connectivity index (χ4n) is 4.59. The van der Waals surface area contributed by atoms with Gasteiger partial charge in [-0.05, 0) is 66.8 Å². The molecular formula is C24H30N4. The number of pyridine rings is 1. The van der Waals surface area contributed by atoms with E-state index in [1.54, 1.807) is 0 Å². The third kappa shape index (κ3) is 3.64. The largest absolute Gasteiger partial charge is 0.385 e. The molecule has 2 heterocycles. The fraction of sp³-hybridized carbons (Fsp3) is 0.375. The Morgan fingerprint density at radius 3 is 2.64 bits per heavy atom. The van der Waals surface area contributed by atoms with E-state index in [9.17, 15) is 0 Å². The summed E-state index contributed by atoms with van der Waals surface area (Å²) in [6.07, 6.45) is 10.1. The summed E-state index contributed by atoms with van der Waals surface area (Å²) in [6, 6.07) is 12.0. The number of benzene rings is 1. The summed E-state index contributed by atoms with van der Waals surface area (Å²) < 4.78 is 0. The van der Waals surface area contributed by atoms with Gasteiger partial charge in [-0.3, -0.25) is 4.98 Å². The van der Waals surface area contributed by atoms with Gasteiger partial charge in [0.05, 0.1) is 6.04 Å². The second kappa shape index (κ2) is 8.09. The lowest BCUT2D eigenvalue weighted by Crippen LogP contribution is -2.42. The molecule has 1 atom stereocenters. The first-order chi connectivity index (χ1) is 13.7. The molecule has 0 amide bonds. The van der Waals surface area contributed by atoms with E-state index in [2.05, 4.69) is 70.6 Å². The van der Waals surface area contributed by atoms with Crippen LogP contribution in [0.2, 0.25) is 0 Å². The summed E-state index contributed by atoms with van der Waals surface area (Å²) in [7, 11) is 2.20. The molecule has 4 rings (SSSR count). The Morgan fingerprint density at radius 2 is 1.93 bits per heavy atom. The summed E-state index contributed by atoms with van der Waals surface area (Å²) in [4.78, 5) is 8.96. The lowest BCUT2D eigenvalue weighted by atomic mass is 9.99. The van der Waals surface area contributed by atoms with Crippen molar-refractivity contribution in [1.82, 2.24) is 15.2 Å². The first kappa shape index (κ1) is 18.6. The SMILES string of the molecule is C=CNC1CCc2ccc(C(=C)N(C)C3CCN(c4ccncc4)CC3)cc21. The summed E-state index contributed by atoms with van der Waals surface area (Å²) in [6.45, 7) is 10.4. The van der Waals surface area contributed by atoms with Gasteiger partial charge in [-0.2, -0.15) is 0 Å². The summed E-state index contributed by atoms with van der Waals surface area (Å²) in [5, 5.41) is 3.39. The van der Waals surface area contributed by atoms with Crippen LogP contribution in [0.4, 0.5) is 5.69 Å².